The minimum Gasteiger partial charge on any atom is -0.465 e. The third kappa shape index (κ3) is 3.49. The number of hydrogen-bond acceptors (Lipinski definition) is 3. The van der Waals surface area contributed by atoms with Gasteiger partial charge in [-0.15, -0.1) is 0 Å². The van der Waals surface area contributed by atoms with Gasteiger partial charge in [0.05, 0.1) is 12.7 Å². The molecule has 0 heterocycles. The van der Waals surface area contributed by atoms with Crippen LogP contribution in [0.3, 0.4) is 0 Å². The average Bonchev–Trinajstić information content (AvgIpc) is 2.53. The van der Waals surface area contributed by atoms with Gasteiger partial charge in [-0.1, -0.05) is 15.9 Å². The van der Waals surface area contributed by atoms with Crippen LogP contribution in [0.15, 0.2) is 53.0 Å². The first kappa shape index (κ1) is 15.3. The maximum absolute atomic E-state index is 12.4. The molecule has 2 aromatic carbocycles. The summed E-state index contributed by atoms with van der Waals surface area (Å²) >= 11 is 3.36. The zero-order valence-electron chi connectivity index (χ0n) is 11.7. The number of anilines is 1. The second-order valence-electron chi connectivity index (χ2n) is 4.41. The number of carbonyl (C=O) groups is 2. The summed E-state index contributed by atoms with van der Waals surface area (Å²) in [5.41, 5.74) is 1.72. The lowest BCUT2D eigenvalue weighted by Crippen LogP contribution is -2.26. The zero-order chi connectivity index (χ0) is 15.4. The SMILES string of the molecule is COC(=O)c1ccc(C(=O)N(C)c2ccc(Br)cc2)cc1. The molecule has 108 valence electrons. The van der Waals surface area contributed by atoms with Gasteiger partial charge in [0.15, 0.2) is 0 Å². The highest BCUT2D eigenvalue weighted by atomic mass is 79.9. The van der Waals surface area contributed by atoms with Gasteiger partial charge in [0.1, 0.15) is 0 Å². The smallest absolute Gasteiger partial charge is 0.337 e. The second kappa shape index (κ2) is 6.54. The number of esters is 1. The molecule has 0 atom stereocenters. The Morgan fingerprint density at radius 2 is 1.48 bits per heavy atom. The van der Waals surface area contributed by atoms with E-state index in [0.717, 1.165) is 10.2 Å². The molecule has 0 aliphatic rings. The fourth-order valence-corrected chi connectivity index (χ4v) is 2.11. The monoisotopic (exact) mass is 347 g/mol. The molecule has 5 heteroatoms. The molecule has 0 radical (unpaired) electrons. The first-order valence-corrected chi connectivity index (χ1v) is 7.04. The Labute approximate surface area is 131 Å². The van der Waals surface area contributed by atoms with E-state index in [1.165, 1.54) is 7.11 Å². The Bertz CT molecular complexity index is 650. The van der Waals surface area contributed by atoms with Crippen molar-refractivity contribution in [3.63, 3.8) is 0 Å². The molecule has 1 amide bonds. The van der Waals surface area contributed by atoms with Gasteiger partial charge in [-0.3, -0.25) is 4.79 Å². The Kier molecular flexibility index (Phi) is 4.75. The van der Waals surface area contributed by atoms with E-state index >= 15 is 0 Å². The van der Waals surface area contributed by atoms with Crippen LogP contribution in [0.2, 0.25) is 0 Å². The first-order valence-electron chi connectivity index (χ1n) is 6.25. The maximum Gasteiger partial charge on any atom is 0.337 e. The number of methoxy groups -OCH3 is 1. The molecule has 0 aliphatic heterocycles. The van der Waals surface area contributed by atoms with Gasteiger partial charge >= 0.3 is 5.97 Å². The topological polar surface area (TPSA) is 46.6 Å². The molecule has 4 nitrogen and oxygen atoms in total. The van der Waals surface area contributed by atoms with Crippen molar-refractivity contribution in [2.75, 3.05) is 19.1 Å². The number of nitrogens with zero attached hydrogens (tertiary/aromatic N) is 1. The summed E-state index contributed by atoms with van der Waals surface area (Å²) in [6, 6.07) is 13.8. The lowest BCUT2D eigenvalue weighted by molar-refractivity contribution is 0.0600. The highest BCUT2D eigenvalue weighted by Crippen LogP contribution is 2.19. The summed E-state index contributed by atoms with van der Waals surface area (Å²) in [6.45, 7) is 0. The van der Waals surface area contributed by atoms with Crippen LogP contribution in [0.5, 0.6) is 0 Å². The predicted octanol–water partition coefficient (Wildman–Crippen LogP) is 3.51. The lowest BCUT2D eigenvalue weighted by atomic mass is 10.1. The first-order chi connectivity index (χ1) is 10.0. The van der Waals surface area contributed by atoms with Crippen LogP contribution in [-0.2, 0) is 4.74 Å². The highest BCUT2D eigenvalue weighted by Gasteiger charge is 2.14. The van der Waals surface area contributed by atoms with Gasteiger partial charge in [0, 0.05) is 22.8 Å². The number of rotatable bonds is 3. The molecule has 0 unspecified atom stereocenters. The summed E-state index contributed by atoms with van der Waals surface area (Å²) in [6.07, 6.45) is 0. The molecular weight excluding hydrogens is 334 g/mol. The van der Waals surface area contributed by atoms with E-state index in [-0.39, 0.29) is 5.91 Å². The van der Waals surface area contributed by atoms with Gasteiger partial charge in [0.2, 0.25) is 0 Å². The molecule has 0 bridgehead atoms. The van der Waals surface area contributed by atoms with E-state index in [2.05, 4.69) is 20.7 Å². The molecule has 2 rings (SSSR count). The molecule has 2 aromatic rings. The van der Waals surface area contributed by atoms with Crippen LogP contribution >= 0.6 is 15.9 Å². The Hall–Kier alpha value is -2.14. The van der Waals surface area contributed by atoms with Gasteiger partial charge in [-0.25, -0.2) is 4.79 Å². The van der Waals surface area contributed by atoms with Gasteiger partial charge in [-0.05, 0) is 48.5 Å². The Morgan fingerprint density at radius 3 is 2.00 bits per heavy atom. The normalized spacial score (nSPS) is 10.0. The Morgan fingerprint density at radius 1 is 0.952 bits per heavy atom. The molecule has 0 N–H and O–H groups in total. The number of ether oxygens (including phenoxy) is 1. The van der Waals surface area contributed by atoms with E-state index in [0.29, 0.717) is 11.1 Å². The van der Waals surface area contributed by atoms with Crippen molar-refractivity contribution >= 4 is 33.5 Å². The zero-order valence-corrected chi connectivity index (χ0v) is 13.3. The lowest BCUT2D eigenvalue weighted by Gasteiger charge is -2.17. The third-order valence-electron chi connectivity index (χ3n) is 3.07. The molecule has 0 aliphatic carbocycles. The van der Waals surface area contributed by atoms with Crippen LogP contribution in [-0.4, -0.2) is 26.0 Å². The van der Waals surface area contributed by atoms with Crippen molar-refractivity contribution in [3.8, 4) is 0 Å². The van der Waals surface area contributed by atoms with E-state index in [1.807, 2.05) is 24.3 Å². The van der Waals surface area contributed by atoms with Crippen molar-refractivity contribution in [3.05, 3.63) is 64.1 Å². The van der Waals surface area contributed by atoms with Crippen LogP contribution in [0.4, 0.5) is 5.69 Å². The highest BCUT2D eigenvalue weighted by molar-refractivity contribution is 9.10. The number of hydrogen-bond donors (Lipinski definition) is 0. The van der Waals surface area contributed by atoms with Gasteiger partial charge in [-0.2, -0.15) is 0 Å². The molecular formula is C16H14BrNO3. The summed E-state index contributed by atoms with van der Waals surface area (Å²) in [5, 5.41) is 0. The minimum atomic E-state index is -0.421. The van der Waals surface area contributed by atoms with Gasteiger partial charge in [0.25, 0.3) is 5.91 Å². The average molecular weight is 348 g/mol. The molecule has 0 saturated heterocycles. The fourth-order valence-electron chi connectivity index (χ4n) is 1.84. The van der Waals surface area contributed by atoms with Crippen LogP contribution < -0.4 is 4.90 Å². The van der Waals surface area contributed by atoms with Crippen LogP contribution in [0, 0.1) is 0 Å². The van der Waals surface area contributed by atoms with E-state index in [4.69, 9.17) is 0 Å². The van der Waals surface area contributed by atoms with Crippen molar-refractivity contribution in [2.24, 2.45) is 0 Å². The van der Waals surface area contributed by atoms with Crippen molar-refractivity contribution in [1.82, 2.24) is 0 Å². The standard InChI is InChI=1S/C16H14BrNO3/c1-18(14-9-7-13(17)8-10-14)15(19)11-3-5-12(6-4-11)16(20)21-2/h3-10H,1-2H3. The van der Waals surface area contributed by atoms with Crippen molar-refractivity contribution < 1.29 is 14.3 Å². The summed E-state index contributed by atoms with van der Waals surface area (Å²) in [5.74, 6) is -0.566. The second-order valence-corrected chi connectivity index (χ2v) is 5.33. The molecule has 0 saturated carbocycles. The molecule has 0 fully saturated rings. The third-order valence-corrected chi connectivity index (χ3v) is 3.60. The largest absolute Gasteiger partial charge is 0.465 e. The molecule has 0 spiro atoms. The van der Waals surface area contributed by atoms with E-state index in [9.17, 15) is 9.59 Å². The van der Waals surface area contributed by atoms with E-state index in [1.54, 1.807) is 36.2 Å². The number of benzene rings is 2. The molecule has 21 heavy (non-hydrogen) atoms. The maximum atomic E-state index is 12.4. The number of carbonyl (C=O) groups excluding carboxylic acids is 2. The quantitative estimate of drug-likeness (QED) is 0.798. The van der Waals surface area contributed by atoms with Gasteiger partial charge < -0.3 is 9.64 Å². The van der Waals surface area contributed by atoms with Crippen molar-refractivity contribution in [2.45, 2.75) is 0 Å². The number of amides is 1. The predicted molar refractivity (Wildman–Crippen MR) is 84.7 cm³/mol. The number of halogens is 1. The van der Waals surface area contributed by atoms with Crippen LogP contribution in [0.25, 0.3) is 0 Å². The fraction of sp³-hybridized carbons (Fsp3) is 0.125. The molecule has 0 aromatic heterocycles. The summed E-state index contributed by atoms with van der Waals surface area (Å²) in [7, 11) is 3.03. The minimum absolute atomic E-state index is 0.145. The van der Waals surface area contributed by atoms with Crippen LogP contribution in [0.1, 0.15) is 20.7 Å². The van der Waals surface area contributed by atoms with E-state index < -0.39 is 5.97 Å². The summed E-state index contributed by atoms with van der Waals surface area (Å²) in [4.78, 5) is 25.3. The van der Waals surface area contributed by atoms with Crippen molar-refractivity contribution in [1.29, 1.82) is 0 Å². The summed E-state index contributed by atoms with van der Waals surface area (Å²) < 4.78 is 5.58. The Balaban J connectivity index is 2.19.